The lowest BCUT2D eigenvalue weighted by molar-refractivity contribution is -0.129. The summed E-state index contributed by atoms with van der Waals surface area (Å²) in [6.45, 7) is 5.22. The van der Waals surface area contributed by atoms with Gasteiger partial charge in [0.15, 0.2) is 0 Å². The average Bonchev–Trinajstić information content (AvgIpc) is 3.12. The van der Waals surface area contributed by atoms with Crippen molar-refractivity contribution in [3.63, 3.8) is 0 Å². The molecular weight excluding hydrogens is 244 g/mol. The maximum atomic E-state index is 12.1. The Morgan fingerprint density at radius 3 is 2.74 bits per heavy atom. The first kappa shape index (κ1) is 14.3. The third kappa shape index (κ3) is 3.69. The summed E-state index contributed by atoms with van der Waals surface area (Å²) in [4.78, 5) is 25.8. The zero-order chi connectivity index (χ0) is 14.0. The van der Waals surface area contributed by atoms with Crippen LogP contribution in [0.25, 0.3) is 0 Å². The third-order valence-corrected chi connectivity index (χ3v) is 4.27. The second-order valence-electron chi connectivity index (χ2n) is 6.10. The highest BCUT2D eigenvalue weighted by atomic mass is 16.3. The summed E-state index contributed by atoms with van der Waals surface area (Å²) in [6.07, 6.45) is 2.76. The number of carbonyl (C=O) groups excluding carboxylic acids is 2. The highest BCUT2D eigenvalue weighted by molar-refractivity contribution is 5.89. The molecule has 0 bridgehead atoms. The summed E-state index contributed by atoms with van der Waals surface area (Å²) >= 11 is 0. The summed E-state index contributed by atoms with van der Waals surface area (Å²) in [5.74, 6) is 0.525. The number of nitrogens with one attached hydrogen (secondary N) is 1. The highest BCUT2D eigenvalue weighted by Gasteiger charge is 2.37. The van der Waals surface area contributed by atoms with Crippen molar-refractivity contribution < 1.29 is 14.7 Å². The van der Waals surface area contributed by atoms with Gasteiger partial charge >= 0.3 is 0 Å². The van der Waals surface area contributed by atoms with E-state index in [-0.39, 0.29) is 36.3 Å². The molecule has 1 aliphatic carbocycles. The fourth-order valence-corrected chi connectivity index (χ4v) is 2.38. The van der Waals surface area contributed by atoms with Crippen molar-refractivity contribution in [2.45, 2.75) is 39.2 Å². The second-order valence-corrected chi connectivity index (χ2v) is 6.10. The molecule has 0 aromatic carbocycles. The van der Waals surface area contributed by atoms with Gasteiger partial charge < -0.3 is 15.3 Å². The molecule has 2 fully saturated rings. The van der Waals surface area contributed by atoms with Crippen molar-refractivity contribution >= 4 is 11.8 Å². The van der Waals surface area contributed by atoms with E-state index in [1.165, 1.54) is 12.8 Å². The Morgan fingerprint density at radius 2 is 2.16 bits per heavy atom. The van der Waals surface area contributed by atoms with Gasteiger partial charge in [-0.05, 0) is 31.6 Å². The van der Waals surface area contributed by atoms with Crippen LogP contribution in [0.15, 0.2) is 0 Å². The zero-order valence-electron chi connectivity index (χ0n) is 11.8. The topological polar surface area (TPSA) is 69.6 Å². The van der Waals surface area contributed by atoms with E-state index in [0.29, 0.717) is 18.9 Å². The first-order valence-corrected chi connectivity index (χ1v) is 7.20. The number of amides is 2. The van der Waals surface area contributed by atoms with Gasteiger partial charge in [0.1, 0.15) is 0 Å². The van der Waals surface area contributed by atoms with Gasteiger partial charge in [-0.2, -0.15) is 0 Å². The normalized spacial score (nSPS) is 26.4. The van der Waals surface area contributed by atoms with E-state index in [4.69, 9.17) is 5.11 Å². The lowest BCUT2D eigenvalue weighted by atomic mass is 10.0. The van der Waals surface area contributed by atoms with Gasteiger partial charge in [0, 0.05) is 32.2 Å². The summed E-state index contributed by atoms with van der Waals surface area (Å²) in [7, 11) is 0. The minimum absolute atomic E-state index is 0.0311. The molecule has 1 saturated heterocycles. The number of aliphatic hydroxyl groups excluding tert-OH is 1. The van der Waals surface area contributed by atoms with Crippen molar-refractivity contribution in [1.82, 2.24) is 10.2 Å². The largest absolute Gasteiger partial charge is 0.396 e. The van der Waals surface area contributed by atoms with Gasteiger partial charge in [-0.15, -0.1) is 0 Å². The minimum Gasteiger partial charge on any atom is -0.396 e. The predicted octanol–water partition coefficient (Wildman–Crippen LogP) is 0.378. The van der Waals surface area contributed by atoms with Crippen molar-refractivity contribution in [2.24, 2.45) is 17.8 Å². The van der Waals surface area contributed by atoms with E-state index in [1.807, 2.05) is 18.7 Å². The molecule has 3 unspecified atom stereocenters. The third-order valence-electron chi connectivity index (χ3n) is 4.27. The molecule has 2 rings (SSSR count). The summed E-state index contributed by atoms with van der Waals surface area (Å²) in [5, 5.41) is 12.0. The molecule has 19 heavy (non-hydrogen) atoms. The van der Waals surface area contributed by atoms with Crippen molar-refractivity contribution in [3.8, 4) is 0 Å². The van der Waals surface area contributed by atoms with E-state index in [0.717, 1.165) is 6.54 Å². The van der Waals surface area contributed by atoms with Crippen LogP contribution in [-0.2, 0) is 9.59 Å². The number of nitrogens with zero attached hydrogens (tertiary/aromatic N) is 1. The second kappa shape index (κ2) is 5.90. The molecule has 1 saturated carbocycles. The molecule has 1 heterocycles. The molecule has 0 aromatic rings. The molecule has 108 valence electrons. The van der Waals surface area contributed by atoms with Crippen LogP contribution in [0, 0.1) is 17.8 Å². The quantitative estimate of drug-likeness (QED) is 0.731. The van der Waals surface area contributed by atoms with Crippen LogP contribution >= 0.6 is 0 Å². The first-order chi connectivity index (χ1) is 9.01. The summed E-state index contributed by atoms with van der Waals surface area (Å²) < 4.78 is 0. The molecule has 5 heteroatoms. The SMILES string of the molecule is CC(CO)C(C)NC(=O)C1CC(=O)N(CC2CC2)C1. The summed E-state index contributed by atoms with van der Waals surface area (Å²) in [5.41, 5.74) is 0. The lowest BCUT2D eigenvalue weighted by Crippen LogP contribution is -2.42. The fourth-order valence-electron chi connectivity index (χ4n) is 2.38. The number of carbonyl (C=O) groups is 2. The van der Waals surface area contributed by atoms with E-state index in [9.17, 15) is 9.59 Å². The Balaban J connectivity index is 1.81. The van der Waals surface area contributed by atoms with Crippen LogP contribution in [0.1, 0.15) is 33.1 Å². The van der Waals surface area contributed by atoms with Gasteiger partial charge in [0.25, 0.3) is 0 Å². The molecule has 2 N–H and O–H groups in total. The van der Waals surface area contributed by atoms with Gasteiger partial charge in [0.2, 0.25) is 11.8 Å². The maximum Gasteiger partial charge on any atom is 0.225 e. The van der Waals surface area contributed by atoms with Crippen LogP contribution in [0.5, 0.6) is 0 Å². The number of likely N-dealkylation sites (tertiary alicyclic amines) is 1. The van der Waals surface area contributed by atoms with Crippen molar-refractivity contribution in [1.29, 1.82) is 0 Å². The standard InChI is InChI=1S/C14H24N2O3/c1-9(8-17)10(2)15-14(19)12-5-13(18)16(7-12)6-11-3-4-11/h9-12,17H,3-8H2,1-2H3,(H,15,19). The Hall–Kier alpha value is -1.10. The fraction of sp³-hybridized carbons (Fsp3) is 0.857. The molecule has 1 aliphatic heterocycles. The van der Waals surface area contributed by atoms with Gasteiger partial charge in [-0.1, -0.05) is 6.92 Å². The van der Waals surface area contributed by atoms with Crippen LogP contribution < -0.4 is 5.32 Å². The minimum atomic E-state index is -0.223. The maximum absolute atomic E-state index is 12.1. The van der Waals surface area contributed by atoms with Crippen molar-refractivity contribution in [2.75, 3.05) is 19.7 Å². The predicted molar refractivity (Wildman–Crippen MR) is 71.3 cm³/mol. The van der Waals surface area contributed by atoms with Gasteiger partial charge in [0.05, 0.1) is 5.92 Å². The van der Waals surface area contributed by atoms with E-state index in [2.05, 4.69) is 5.32 Å². The molecule has 2 aliphatic rings. The van der Waals surface area contributed by atoms with E-state index >= 15 is 0 Å². The average molecular weight is 268 g/mol. The highest BCUT2D eigenvalue weighted by Crippen LogP contribution is 2.32. The number of rotatable bonds is 6. The van der Waals surface area contributed by atoms with Crippen LogP contribution in [0.2, 0.25) is 0 Å². The number of aliphatic hydroxyl groups is 1. The molecule has 5 nitrogen and oxygen atoms in total. The Labute approximate surface area is 114 Å². The Kier molecular flexibility index (Phi) is 4.45. The smallest absolute Gasteiger partial charge is 0.225 e. The monoisotopic (exact) mass is 268 g/mol. The van der Waals surface area contributed by atoms with Crippen LogP contribution in [0.3, 0.4) is 0 Å². The Morgan fingerprint density at radius 1 is 1.47 bits per heavy atom. The van der Waals surface area contributed by atoms with Gasteiger partial charge in [-0.25, -0.2) is 0 Å². The number of hydrogen-bond acceptors (Lipinski definition) is 3. The Bertz CT molecular complexity index is 355. The first-order valence-electron chi connectivity index (χ1n) is 7.20. The van der Waals surface area contributed by atoms with Crippen molar-refractivity contribution in [3.05, 3.63) is 0 Å². The van der Waals surface area contributed by atoms with Crippen LogP contribution in [0.4, 0.5) is 0 Å². The van der Waals surface area contributed by atoms with E-state index in [1.54, 1.807) is 0 Å². The van der Waals surface area contributed by atoms with Gasteiger partial charge in [-0.3, -0.25) is 9.59 Å². The van der Waals surface area contributed by atoms with Crippen LogP contribution in [-0.4, -0.2) is 47.6 Å². The molecule has 2 amide bonds. The molecule has 3 atom stereocenters. The molecule has 0 aromatic heterocycles. The summed E-state index contributed by atoms with van der Waals surface area (Å²) in [6, 6.07) is -0.0647. The molecule has 0 radical (unpaired) electrons. The lowest BCUT2D eigenvalue weighted by Gasteiger charge is -2.21. The molecule has 0 spiro atoms. The number of hydrogen-bond donors (Lipinski definition) is 2. The molecular formula is C14H24N2O3. The zero-order valence-corrected chi connectivity index (χ0v) is 11.8. The van der Waals surface area contributed by atoms with E-state index < -0.39 is 0 Å².